The lowest BCUT2D eigenvalue weighted by atomic mass is 10.1. The molecule has 0 aliphatic rings. The topological polar surface area (TPSA) is 9.23 Å². The predicted octanol–water partition coefficient (Wildman–Crippen LogP) is 4.40. The van der Waals surface area contributed by atoms with Crippen LogP contribution in [0.15, 0.2) is 12.2 Å². The molecule has 0 fully saturated rings. The van der Waals surface area contributed by atoms with Crippen molar-refractivity contribution in [1.82, 2.24) is 0 Å². The van der Waals surface area contributed by atoms with Gasteiger partial charge < -0.3 is 4.18 Å². The first kappa shape index (κ1) is 14.1. The van der Waals surface area contributed by atoms with Gasteiger partial charge >= 0.3 is 0 Å². The Hall–Kier alpha value is 0.0500. The molecule has 0 aromatic carbocycles. The van der Waals surface area contributed by atoms with Gasteiger partial charge in [0.25, 0.3) is 0 Å². The second kappa shape index (κ2) is 11.1. The summed E-state index contributed by atoms with van der Waals surface area (Å²) < 4.78 is 4.77. The number of allylic oxidation sites excluding steroid dienone is 2. The van der Waals surface area contributed by atoms with E-state index in [0.29, 0.717) is 5.92 Å². The van der Waals surface area contributed by atoms with Crippen molar-refractivity contribution in [3.63, 3.8) is 0 Å². The van der Waals surface area contributed by atoms with Crippen molar-refractivity contribution in [2.24, 2.45) is 5.92 Å². The van der Waals surface area contributed by atoms with Gasteiger partial charge in [0.1, 0.15) is 0 Å². The first-order chi connectivity index (χ1) is 6.81. The van der Waals surface area contributed by atoms with E-state index < -0.39 is 0 Å². The summed E-state index contributed by atoms with van der Waals surface area (Å²) in [5, 5.41) is 0. The second-order valence-corrected chi connectivity index (χ2v) is 4.22. The zero-order valence-electron chi connectivity index (χ0n) is 9.54. The maximum absolute atomic E-state index is 4.77. The van der Waals surface area contributed by atoms with Crippen LogP contribution in [-0.4, -0.2) is 6.61 Å². The predicted molar refractivity (Wildman–Crippen MR) is 66.6 cm³/mol. The molecule has 0 saturated carbocycles. The highest BCUT2D eigenvalue weighted by molar-refractivity contribution is 7.75. The summed E-state index contributed by atoms with van der Waals surface area (Å²) in [5.41, 5.74) is 0. The Labute approximate surface area is 94.5 Å². The van der Waals surface area contributed by atoms with Crippen LogP contribution in [0.5, 0.6) is 0 Å². The molecule has 0 rings (SSSR count). The van der Waals surface area contributed by atoms with Crippen molar-refractivity contribution in [2.75, 3.05) is 6.61 Å². The summed E-state index contributed by atoms with van der Waals surface area (Å²) in [6, 6.07) is 0. The van der Waals surface area contributed by atoms with Gasteiger partial charge in [0, 0.05) is 0 Å². The van der Waals surface area contributed by atoms with Gasteiger partial charge in [-0.05, 0) is 38.1 Å². The molecule has 0 aliphatic heterocycles. The minimum absolute atomic E-state index is 0.583. The highest BCUT2D eigenvalue weighted by Crippen LogP contribution is 2.07. The van der Waals surface area contributed by atoms with Crippen molar-refractivity contribution < 1.29 is 4.18 Å². The highest BCUT2D eigenvalue weighted by Gasteiger charge is 1.96. The van der Waals surface area contributed by atoms with Gasteiger partial charge in [-0.25, -0.2) is 0 Å². The Balaban J connectivity index is 3.18. The summed E-state index contributed by atoms with van der Waals surface area (Å²) in [4.78, 5) is 0. The number of thiol groups is 1. The van der Waals surface area contributed by atoms with Gasteiger partial charge in [-0.2, -0.15) is 0 Å². The molecule has 0 radical (unpaired) electrons. The van der Waals surface area contributed by atoms with E-state index in [1.54, 1.807) is 0 Å². The zero-order valence-corrected chi connectivity index (χ0v) is 10.4. The van der Waals surface area contributed by atoms with E-state index in [4.69, 9.17) is 4.18 Å². The van der Waals surface area contributed by atoms with Gasteiger partial charge in [-0.15, -0.1) is 0 Å². The van der Waals surface area contributed by atoms with Crippen LogP contribution < -0.4 is 0 Å². The Morgan fingerprint density at radius 3 is 2.64 bits per heavy atom. The minimum Gasteiger partial charge on any atom is -0.318 e. The van der Waals surface area contributed by atoms with Crippen LogP contribution in [0.2, 0.25) is 0 Å². The molecule has 0 bridgehead atoms. The van der Waals surface area contributed by atoms with Crippen LogP contribution in [0.3, 0.4) is 0 Å². The Morgan fingerprint density at radius 2 is 2.00 bits per heavy atom. The van der Waals surface area contributed by atoms with Crippen LogP contribution >= 0.6 is 12.9 Å². The summed E-state index contributed by atoms with van der Waals surface area (Å²) in [5.74, 6) is 0.583. The van der Waals surface area contributed by atoms with Gasteiger partial charge in [-0.3, -0.25) is 0 Å². The third-order valence-corrected chi connectivity index (χ3v) is 2.44. The molecule has 14 heavy (non-hydrogen) atoms. The molecule has 0 heterocycles. The SMILES string of the molecule is CCCCCC/C=C\CC(C)COS. The summed E-state index contributed by atoms with van der Waals surface area (Å²) in [6.07, 6.45) is 12.3. The van der Waals surface area contributed by atoms with Gasteiger partial charge in [0.2, 0.25) is 0 Å². The van der Waals surface area contributed by atoms with E-state index in [1.807, 2.05) is 0 Å². The van der Waals surface area contributed by atoms with E-state index in [2.05, 4.69) is 38.9 Å². The average Bonchev–Trinajstić information content (AvgIpc) is 2.17. The van der Waals surface area contributed by atoms with Crippen molar-refractivity contribution in [3.8, 4) is 0 Å². The first-order valence-corrected chi connectivity index (χ1v) is 6.09. The van der Waals surface area contributed by atoms with Crippen LogP contribution in [0.25, 0.3) is 0 Å². The fraction of sp³-hybridized carbons (Fsp3) is 0.833. The van der Waals surface area contributed by atoms with Crippen LogP contribution in [0.4, 0.5) is 0 Å². The smallest absolute Gasteiger partial charge is 0.0639 e. The van der Waals surface area contributed by atoms with Crippen molar-refractivity contribution in [3.05, 3.63) is 12.2 Å². The Morgan fingerprint density at radius 1 is 1.21 bits per heavy atom. The maximum Gasteiger partial charge on any atom is 0.0639 e. The summed E-state index contributed by atoms with van der Waals surface area (Å²) in [6.45, 7) is 5.16. The molecule has 1 atom stereocenters. The normalized spacial score (nSPS) is 13.6. The lowest BCUT2D eigenvalue weighted by molar-refractivity contribution is 0.308. The lowest BCUT2D eigenvalue weighted by Gasteiger charge is -2.04. The van der Waals surface area contributed by atoms with Gasteiger partial charge in [-0.1, -0.05) is 45.3 Å². The number of rotatable bonds is 9. The molecule has 0 aromatic heterocycles. The molecule has 0 saturated heterocycles. The Kier molecular flexibility index (Phi) is 11.2. The van der Waals surface area contributed by atoms with E-state index in [0.717, 1.165) is 13.0 Å². The van der Waals surface area contributed by atoms with E-state index in [-0.39, 0.29) is 0 Å². The number of hydrogen-bond acceptors (Lipinski definition) is 2. The second-order valence-electron chi connectivity index (χ2n) is 3.96. The summed E-state index contributed by atoms with van der Waals surface area (Å²) >= 11 is 3.74. The molecule has 0 aromatic rings. The number of unbranched alkanes of at least 4 members (excludes halogenated alkanes) is 4. The molecule has 2 heteroatoms. The van der Waals surface area contributed by atoms with Gasteiger partial charge in [0.15, 0.2) is 0 Å². The first-order valence-electron chi connectivity index (χ1n) is 5.72. The summed E-state index contributed by atoms with van der Waals surface area (Å²) in [7, 11) is 0. The minimum atomic E-state index is 0.583. The van der Waals surface area contributed by atoms with Crippen molar-refractivity contribution >= 4 is 12.9 Å². The van der Waals surface area contributed by atoms with Crippen LogP contribution in [0, 0.1) is 5.92 Å². The van der Waals surface area contributed by atoms with E-state index in [1.165, 1.54) is 32.1 Å². The molecule has 0 amide bonds. The molecule has 0 aliphatic carbocycles. The maximum atomic E-state index is 4.77. The van der Waals surface area contributed by atoms with Gasteiger partial charge in [0.05, 0.1) is 6.61 Å². The third kappa shape index (κ3) is 10.1. The van der Waals surface area contributed by atoms with Crippen molar-refractivity contribution in [1.29, 1.82) is 0 Å². The fourth-order valence-electron chi connectivity index (χ4n) is 1.33. The molecular weight excluding hydrogens is 192 g/mol. The average molecular weight is 216 g/mol. The monoisotopic (exact) mass is 216 g/mol. The van der Waals surface area contributed by atoms with Crippen LogP contribution in [-0.2, 0) is 4.18 Å². The number of hydrogen-bond donors (Lipinski definition) is 1. The van der Waals surface area contributed by atoms with Crippen molar-refractivity contribution in [2.45, 2.75) is 52.4 Å². The lowest BCUT2D eigenvalue weighted by Crippen LogP contribution is -1.99. The Bertz CT molecular complexity index is 134. The van der Waals surface area contributed by atoms with E-state index in [9.17, 15) is 0 Å². The quantitative estimate of drug-likeness (QED) is 0.260. The molecule has 0 N–H and O–H groups in total. The molecule has 0 spiro atoms. The molecular formula is C12H24OS. The largest absolute Gasteiger partial charge is 0.318 e. The molecule has 1 unspecified atom stereocenters. The van der Waals surface area contributed by atoms with Crippen LogP contribution in [0.1, 0.15) is 52.4 Å². The highest BCUT2D eigenvalue weighted by atomic mass is 32.1. The fourth-order valence-corrected chi connectivity index (χ4v) is 1.59. The molecule has 84 valence electrons. The standard InChI is InChI=1S/C12H24OS/c1-3-4-5-6-7-8-9-10-12(2)11-13-14/h8-9,12,14H,3-7,10-11H2,1-2H3/b9-8-. The molecule has 1 nitrogen and oxygen atoms in total. The zero-order chi connectivity index (χ0) is 10.6. The third-order valence-electron chi connectivity index (χ3n) is 2.29. The van der Waals surface area contributed by atoms with E-state index >= 15 is 0 Å².